The number of hydrogen-bond acceptors (Lipinski definition) is 4. The van der Waals surface area contributed by atoms with Crippen molar-refractivity contribution in [3.8, 4) is 0 Å². The number of carbonyl (C=O) groups excluding carboxylic acids is 2. The van der Waals surface area contributed by atoms with Crippen molar-refractivity contribution in [1.29, 1.82) is 0 Å². The highest BCUT2D eigenvalue weighted by atomic mass is 16.6. The standard InChI is InChI=1S/C23H31N3O3/c1-23(2,3)29-22(28)26(5)20(17-18-11-7-6-8-12-18)21(27)25(4)16-14-19-13-9-10-15-24-19/h6-13,15,20H,14,16-17H2,1-5H3/t20-/m1/s1. The molecule has 6 nitrogen and oxygen atoms in total. The Balaban J connectivity index is 2.14. The van der Waals surface area contributed by atoms with Gasteiger partial charge in [-0.25, -0.2) is 4.79 Å². The number of pyridine rings is 1. The summed E-state index contributed by atoms with van der Waals surface area (Å²) in [5.41, 5.74) is 1.28. The van der Waals surface area contributed by atoms with E-state index >= 15 is 0 Å². The van der Waals surface area contributed by atoms with Crippen molar-refractivity contribution in [1.82, 2.24) is 14.8 Å². The Kier molecular flexibility index (Phi) is 7.76. The summed E-state index contributed by atoms with van der Waals surface area (Å²) in [7, 11) is 3.37. The van der Waals surface area contributed by atoms with Crippen LogP contribution in [0.5, 0.6) is 0 Å². The Hall–Kier alpha value is -2.89. The van der Waals surface area contributed by atoms with Crippen LogP contribution >= 0.6 is 0 Å². The van der Waals surface area contributed by atoms with Crippen LogP contribution in [0.3, 0.4) is 0 Å². The molecule has 1 aromatic heterocycles. The molecular weight excluding hydrogens is 366 g/mol. The van der Waals surface area contributed by atoms with Crippen LogP contribution in [-0.2, 0) is 22.4 Å². The van der Waals surface area contributed by atoms with Gasteiger partial charge in [-0.05, 0) is 38.5 Å². The minimum atomic E-state index is -0.652. The second-order valence-corrected chi connectivity index (χ2v) is 8.13. The van der Waals surface area contributed by atoms with Crippen LogP contribution in [0.25, 0.3) is 0 Å². The van der Waals surface area contributed by atoms with E-state index in [2.05, 4.69) is 4.98 Å². The van der Waals surface area contributed by atoms with E-state index in [1.807, 2.05) is 69.3 Å². The number of hydrogen-bond donors (Lipinski definition) is 0. The van der Waals surface area contributed by atoms with Crippen molar-refractivity contribution in [3.63, 3.8) is 0 Å². The first-order valence-electron chi connectivity index (χ1n) is 9.82. The maximum absolute atomic E-state index is 13.2. The van der Waals surface area contributed by atoms with E-state index in [1.165, 1.54) is 4.90 Å². The number of aromatic nitrogens is 1. The minimum Gasteiger partial charge on any atom is -0.444 e. The molecule has 2 rings (SSSR count). The summed E-state index contributed by atoms with van der Waals surface area (Å²) in [5.74, 6) is -0.127. The van der Waals surface area contributed by atoms with Crippen LogP contribution in [0.15, 0.2) is 54.7 Å². The van der Waals surface area contributed by atoms with Gasteiger partial charge in [0.1, 0.15) is 11.6 Å². The number of amides is 2. The number of rotatable bonds is 7. The van der Waals surface area contributed by atoms with Crippen LogP contribution in [-0.4, -0.2) is 59.1 Å². The van der Waals surface area contributed by atoms with Crippen molar-refractivity contribution in [2.75, 3.05) is 20.6 Å². The highest BCUT2D eigenvalue weighted by Gasteiger charge is 2.32. The molecule has 0 fully saturated rings. The molecular formula is C23H31N3O3. The molecule has 2 aromatic rings. The van der Waals surface area contributed by atoms with Crippen molar-refractivity contribution in [2.45, 2.75) is 45.3 Å². The van der Waals surface area contributed by atoms with Gasteiger partial charge in [0.05, 0.1) is 0 Å². The molecule has 0 bridgehead atoms. The van der Waals surface area contributed by atoms with E-state index in [0.29, 0.717) is 19.4 Å². The number of benzene rings is 1. The van der Waals surface area contributed by atoms with Crippen LogP contribution in [0.4, 0.5) is 4.79 Å². The van der Waals surface area contributed by atoms with Gasteiger partial charge in [0.25, 0.3) is 0 Å². The van der Waals surface area contributed by atoms with Gasteiger partial charge in [0.2, 0.25) is 5.91 Å². The highest BCUT2D eigenvalue weighted by molar-refractivity contribution is 5.85. The Morgan fingerprint density at radius 3 is 2.28 bits per heavy atom. The summed E-state index contributed by atoms with van der Waals surface area (Å²) in [6.07, 6.45) is 2.30. The zero-order valence-corrected chi connectivity index (χ0v) is 18.0. The smallest absolute Gasteiger partial charge is 0.410 e. The number of carbonyl (C=O) groups is 2. The van der Waals surface area contributed by atoms with Gasteiger partial charge in [-0.2, -0.15) is 0 Å². The highest BCUT2D eigenvalue weighted by Crippen LogP contribution is 2.15. The quantitative estimate of drug-likeness (QED) is 0.717. The van der Waals surface area contributed by atoms with E-state index in [-0.39, 0.29) is 5.91 Å². The summed E-state index contributed by atoms with van der Waals surface area (Å²) < 4.78 is 5.48. The summed E-state index contributed by atoms with van der Waals surface area (Å²) in [4.78, 5) is 33.2. The Morgan fingerprint density at radius 2 is 1.69 bits per heavy atom. The molecule has 1 atom stereocenters. The average Bonchev–Trinajstić information content (AvgIpc) is 2.69. The van der Waals surface area contributed by atoms with Crippen molar-refractivity contribution < 1.29 is 14.3 Å². The van der Waals surface area contributed by atoms with E-state index in [9.17, 15) is 9.59 Å². The van der Waals surface area contributed by atoms with Crippen molar-refractivity contribution >= 4 is 12.0 Å². The maximum atomic E-state index is 13.2. The third-order valence-corrected chi connectivity index (χ3v) is 4.51. The second kappa shape index (κ2) is 10.0. The van der Waals surface area contributed by atoms with Gasteiger partial charge in [0, 0.05) is 45.4 Å². The van der Waals surface area contributed by atoms with Crippen LogP contribution in [0, 0.1) is 0 Å². The fraction of sp³-hybridized carbons (Fsp3) is 0.435. The maximum Gasteiger partial charge on any atom is 0.410 e. The number of nitrogens with zero attached hydrogens (tertiary/aromatic N) is 3. The number of likely N-dealkylation sites (N-methyl/N-ethyl adjacent to an activating group) is 2. The molecule has 0 saturated carbocycles. The van der Waals surface area contributed by atoms with E-state index < -0.39 is 17.7 Å². The van der Waals surface area contributed by atoms with Crippen LogP contribution in [0.1, 0.15) is 32.0 Å². The molecule has 1 aromatic carbocycles. The zero-order chi connectivity index (χ0) is 21.4. The monoisotopic (exact) mass is 397 g/mol. The van der Waals surface area contributed by atoms with Gasteiger partial charge in [0.15, 0.2) is 0 Å². The van der Waals surface area contributed by atoms with Crippen LogP contribution < -0.4 is 0 Å². The Bertz CT molecular complexity index is 788. The van der Waals surface area contributed by atoms with Gasteiger partial charge in [-0.15, -0.1) is 0 Å². The lowest BCUT2D eigenvalue weighted by atomic mass is 10.0. The van der Waals surface area contributed by atoms with E-state index in [1.54, 1.807) is 25.2 Å². The first-order valence-corrected chi connectivity index (χ1v) is 9.82. The van der Waals surface area contributed by atoms with Crippen molar-refractivity contribution in [3.05, 3.63) is 66.0 Å². The topological polar surface area (TPSA) is 62.7 Å². The molecule has 156 valence electrons. The molecule has 0 aliphatic rings. The lowest BCUT2D eigenvalue weighted by molar-refractivity contribution is -0.135. The molecule has 2 amide bonds. The molecule has 1 heterocycles. The third kappa shape index (κ3) is 7.22. The fourth-order valence-corrected chi connectivity index (χ4v) is 2.88. The normalized spacial score (nSPS) is 12.2. The molecule has 0 saturated heterocycles. The van der Waals surface area contributed by atoms with Gasteiger partial charge < -0.3 is 9.64 Å². The van der Waals surface area contributed by atoms with E-state index in [4.69, 9.17) is 4.74 Å². The van der Waals surface area contributed by atoms with E-state index in [0.717, 1.165) is 11.3 Å². The molecule has 0 N–H and O–H groups in total. The third-order valence-electron chi connectivity index (χ3n) is 4.51. The first-order chi connectivity index (χ1) is 13.7. The first kappa shape index (κ1) is 22.4. The van der Waals surface area contributed by atoms with Crippen LogP contribution in [0.2, 0.25) is 0 Å². The van der Waals surface area contributed by atoms with Gasteiger partial charge in [-0.1, -0.05) is 36.4 Å². The summed E-state index contributed by atoms with van der Waals surface area (Å²) in [6.45, 7) is 5.95. The van der Waals surface area contributed by atoms with Crippen molar-refractivity contribution in [2.24, 2.45) is 0 Å². The molecule has 29 heavy (non-hydrogen) atoms. The summed E-state index contributed by atoms with van der Waals surface area (Å²) >= 11 is 0. The van der Waals surface area contributed by atoms with Gasteiger partial charge in [-0.3, -0.25) is 14.7 Å². The average molecular weight is 398 g/mol. The lowest BCUT2D eigenvalue weighted by Crippen LogP contribution is -2.51. The molecule has 0 radical (unpaired) electrons. The largest absolute Gasteiger partial charge is 0.444 e. The summed E-state index contributed by atoms with van der Waals surface area (Å²) in [6, 6.07) is 14.8. The second-order valence-electron chi connectivity index (χ2n) is 8.13. The minimum absolute atomic E-state index is 0.127. The predicted molar refractivity (Wildman–Crippen MR) is 114 cm³/mol. The predicted octanol–water partition coefficient (Wildman–Crippen LogP) is 3.56. The molecule has 0 aliphatic heterocycles. The molecule has 0 aliphatic carbocycles. The van der Waals surface area contributed by atoms with Gasteiger partial charge >= 0.3 is 6.09 Å². The number of ether oxygens (including phenoxy) is 1. The SMILES string of the molecule is CN(CCc1ccccn1)C(=O)[C@@H](Cc1ccccc1)N(C)C(=O)OC(C)(C)C. The lowest BCUT2D eigenvalue weighted by Gasteiger charge is -2.32. The molecule has 0 unspecified atom stereocenters. The molecule has 6 heteroatoms. The zero-order valence-electron chi connectivity index (χ0n) is 18.0. The Labute approximate surface area is 173 Å². The summed E-state index contributed by atoms with van der Waals surface area (Å²) in [5, 5.41) is 0. The molecule has 0 spiro atoms. The Morgan fingerprint density at radius 1 is 1.03 bits per heavy atom. The fourth-order valence-electron chi connectivity index (χ4n) is 2.88.